The quantitative estimate of drug-likeness (QED) is 0.333. The van der Waals surface area contributed by atoms with E-state index in [-0.39, 0.29) is 34.1 Å². The molecule has 0 fully saturated rings. The maximum atomic E-state index is 15.2. The molecule has 36 heavy (non-hydrogen) atoms. The van der Waals surface area contributed by atoms with E-state index in [2.05, 4.69) is 10.3 Å². The first-order valence-corrected chi connectivity index (χ1v) is 11.6. The Bertz CT molecular complexity index is 1290. The van der Waals surface area contributed by atoms with E-state index < -0.39 is 41.0 Å². The number of carbonyl (C=O) groups excluding carboxylic acids is 1. The van der Waals surface area contributed by atoms with Crippen molar-refractivity contribution in [2.24, 2.45) is 0 Å². The molecule has 3 aromatic rings. The van der Waals surface area contributed by atoms with Gasteiger partial charge in [0.25, 0.3) is 5.91 Å². The van der Waals surface area contributed by atoms with Crippen molar-refractivity contribution >= 4 is 34.4 Å². The molecule has 190 valence electrons. The number of hydrogen-bond acceptors (Lipinski definition) is 6. The Morgan fingerprint density at radius 2 is 1.92 bits per heavy atom. The lowest BCUT2D eigenvalue weighted by Gasteiger charge is -2.17. The van der Waals surface area contributed by atoms with Crippen molar-refractivity contribution in [3.8, 4) is 11.3 Å². The maximum Gasteiger partial charge on any atom is 0.331 e. The van der Waals surface area contributed by atoms with Gasteiger partial charge in [-0.2, -0.15) is 0 Å². The zero-order valence-corrected chi connectivity index (χ0v) is 20.4. The van der Waals surface area contributed by atoms with Crippen molar-refractivity contribution in [1.82, 2.24) is 4.98 Å². The second-order valence-electron chi connectivity index (χ2n) is 7.57. The van der Waals surface area contributed by atoms with E-state index in [0.717, 1.165) is 29.5 Å². The highest BCUT2D eigenvalue weighted by Crippen LogP contribution is 2.32. The van der Waals surface area contributed by atoms with Crippen LogP contribution in [0.4, 0.5) is 18.3 Å². The minimum atomic E-state index is -1.33. The molecule has 2 aromatic carbocycles. The number of benzene rings is 2. The Balaban J connectivity index is 1.82. The molecule has 1 amide bonds. The van der Waals surface area contributed by atoms with E-state index in [0.29, 0.717) is 12.2 Å². The van der Waals surface area contributed by atoms with Gasteiger partial charge in [0, 0.05) is 46.9 Å². The zero-order valence-electron chi connectivity index (χ0n) is 19.6. The van der Waals surface area contributed by atoms with Crippen LogP contribution in [0.1, 0.15) is 41.4 Å². The average molecular weight is 521 g/mol. The van der Waals surface area contributed by atoms with Gasteiger partial charge in [-0.15, -0.1) is 11.3 Å². The van der Waals surface area contributed by atoms with Crippen LogP contribution in [-0.4, -0.2) is 42.3 Å². The number of rotatable bonds is 10. The molecule has 2 N–H and O–H groups in total. The topological polar surface area (TPSA) is 97.8 Å². The normalized spacial score (nSPS) is 12.4. The zero-order chi connectivity index (χ0) is 26.4. The number of anilines is 1. The molecule has 1 aromatic heterocycles. The molecule has 0 aliphatic heterocycles. The number of thiazole rings is 1. The number of nitrogens with zero attached hydrogens (tertiary/aromatic N) is 1. The van der Waals surface area contributed by atoms with E-state index in [1.807, 2.05) is 6.92 Å². The smallest absolute Gasteiger partial charge is 0.331 e. The highest BCUT2D eigenvalue weighted by Gasteiger charge is 2.21. The van der Waals surface area contributed by atoms with Crippen molar-refractivity contribution < 1.29 is 37.3 Å². The second kappa shape index (κ2) is 11.9. The molecule has 1 heterocycles. The van der Waals surface area contributed by atoms with Gasteiger partial charge in [0.2, 0.25) is 0 Å². The number of nitrogens with one attached hydrogen (secondary N) is 1. The number of carboxylic acid groups (broad SMARTS) is 1. The predicted octanol–water partition coefficient (Wildman–Crippen LogP) is 5.69. The molecule has 7 nitrogen and oxygen atoms in total. The molecule has 0 saturated carbocycles. The van der Waals surface area contributed by atoms with E-state index in [4.69, 9.17) is 14.6 Å². The molecule has 0 radical (unpaired) electrons. The monoisotopic (exact) mass is 520 g/mol. The standard InChI is InChI=1S/C25H23F3N2O5S/c1-4-35-11-21(34-3)16-7-5-6-15(22(16)28)20-12-36-25(29-20)30-23(31)14-9-18(26)17(19(27)10-14)8-13(2)24(32)33/h5-10,12,21H,4,11H2,1-3H3,(H,32,33)(H,29,30,31). The van der Waals surface area contributed by atoms with Crippen molar-refractivity contribution in [2.45, 2.75) is 20.0 Å². The molecule has 0 bridgehead atoms. The first-order chi connectivity index (χ1) is 17.2. The van der Waals surface area contributed by atoms with Gasteiger partial charge in [0.15, 0.2) is 5.13 Å². The summed E-state index contributed by atoms with van der Waals surface area (Å²) in [7, 11) is 1.45. The number of carbonyl (C=O) groups is 2. The number of aliphatic carboxylic acids is 1. The van der Waals surface area contributed by atoms with Crippen LogP contribution in [0.5, 0.6) is 0 Å². The number of hydrogen-bond donors (Lipinski definition) is 2. The summed E-state index contributed by atoms with van der Waals surface area (Å²) < 4.78 is 54.7. The van der Waals surface area contributed by atoms with E-state index in [9.17, 15) is 18.4 Å². The third kappa shape index (κ3) is 6.17. The number of carboxylic acids is 1. The molecule has 1 unspecified atom stereocenters. The Hall–Kier alpha value is -3.54. The summed E-state index contributed by atoms with van der Waals surface area (Å²) in [5.74, 6) is -4.91. The van der Waals surface area contributed by atoms with E-state index >= 15 is 4.39 Å². The summed E-state index contributed by atoms with van der Waals surface area (Å²) in [5.41, 5.74) is -0.449. The Kier molecular flexibility index (Phi) is 8.97. The second-order valence-corrected chi connectivity index (χ2v) is 8.43. The van der Waals surface area contributed by atoms with Crippen LogP contribution in [0.2, 0.25) is 0 Å². The molecule has 0 aliphatic rings. The fourth-order valence-corrected chi connectivity index (χ4v) is 3.97. The van der Waals surface area contributed by atoms with Crippen LogP contribution in [0.15, 0.2) is 41.3 Å². The van der Waals surface area contributed by atoms with Gasteiger partial charge in [0.05, 0.1) is 12.3 Å². The van der Waals surface area contributed by atoms with Crippen LogP contribution in [0, 0.1) is 17.5 Å². The van der Waals surface area contributed by atoms with Gasteiger partial charge in [0.1, 0.15) is 23.6 Å². The molecular formula is C25H23F3N2O5S. The highest BCUT2D eigenvalue weighted by atomic mass is 32.1. The SMILES string of the molecule is CCOCC(OC)c1cccc(-c2csc(NC(=O)c3cc(F)c(C=C(C)C(=O)O)c(F)c3)n2)c1F. The molecule has 1 atom stereocenters. The Morgan fingerprint density at radius 3 is 2.53 bits per heavy atom. The van der Waals surface area contributed by atoms with Crippen LogP contribution in [-0.2, 0) is 14.3 Å². The largest absolute Gasteiger partial charge is 0.478 e. The molecule has 0 aliphatic carbocycles. The van der Waals surface area contributed by atoms with Gasteiger partial charge in [-0.1, -0.05) is 12.1 Å². The van der Waals surface area contributed by atoms with Crippen LogP contribution < -0.4 is 5.32 Å². The summed E-state index contributed by atoms with van der Waals surface area (Å²) >= 11 is 1.01. The lowest BCUT2D eigenvalue weighted by molar-refractivity contribution is -0.132. The molecule has 0 spiro atoms. The lowest BCUT2D eigenvalue weighted by Crippen LogP contribution is -2.13. The van der Waals surface area contributed by atoms with Gasteiger partial charge < -0.3 is 14.6 Å². The summed E-state index contributed by atoms with van der Waals surface area (Å²) in [6.45, 7) is 3.63. The highest BCUT2D eigenvalue weighted by molar-refractivity contribution is 7.14. The summed E-state index contributed by atoms with van der Waals surface area (Å²) in [4.78, 5) is 27.7. The van der Waals surface area contributed by atoms with Crippen molar-refractivity contribution in [2.75, 3.05) is 25.6 Å². The molecule has 11 heteroatoms. The number of halogens is 3. The minimum absolute atomic E-state index is 0.0870. The molecular weight excluding hydrogens is 497 g/mol. The number of methoxy groups -OCH3 is 1. The van der Waals surface area contributed by atoms with Gasteiger partial charge in [-0.3, -0.25) is 10.1 Å². The number of ether oxygens (including phenoxy) is 2. The fourth-order valence-electron chi connectivity index (χ4n) is 3.26. The lowest BCUT2D eigenvalue weighted by atomic mass is 10.0. The van der Waals surface area contributed by atoms with Crippen LogP contribution in [0.3, 0.4) is 0 Å². The van der Waals surface area contributed by atoms with Crippen molar-refractivity contribution in [1.29, 1.82) is 0 Å². The van der Waals surface area contributed by atoms with Crippen molar-refractivity contribution in [3.05, 3.63) is 75.4 Å². The Morgan fingerprint density at radius 1 is 1.22 bits per heavy atom. The van der Waals surface area contributed by atoms with Crippen LogP contribution >= 0.6 is 11.3 Å². The third-order valence-corrected chi connectivity index (χ3v) is 5.93. The summed E-state index contributed by atoms with van der Waals surface area (Å²) in [6, 6.07) is 6.35. The van der Waals surface area contributed by atoms with Gasteiger partial charge in [-0.05, 0) is 38.1 Å². The summed E-state index contributed by atoms with van der Waals surface area (Å²) in [6.07, 6.45) is 0.220. The van der Waals surface area contributed by atoms with Crippen LogP contribution in [0.25, 0.3) is 17.3 Å². The summed E-state index contributed by atoms with van der Waals surface area (Å²) in [5, 5.41) is 13.0. The average Bonchev–Trinajstić information content (AvgIpc) is 3.30. The molecule has 0 saturated heterocycles. The van der Waals surface area contributed by atoms with Gasteiger partial charge in [-0.25, -0.2) is 22.9 Å². The third-order valence-electron chi connectivity index (χ3n) is 5.17. The molecule has 3 rings (SSSR count). The minimum Gasteiger partial charge on any atom is -0.478 e. The van der Waals surface area contributed by atoms with Gasteiger partial charge >= 0.3 is 5.97 Å². The van der Waals surface area contributed by atoms with E-state index in [1.54, 1.807) is 12.1 Å². The first-order valence-electron chi connectivity index (χ1n) is 10.7. The van der Waals surface area contributed by atoms with E-state index in [1.165, 1.54) is 25.5 Å². The first kappa shape index (κ1) is 27.1. The number of aromatic nitrogens is 1. The van der Waals surface area contributed by atoms with Crippen molar-refractivity contribution in [3.63, 3.8) is 0 Å². The maximum absolute atomic E-state index is 15.2. The Labute approximate surface area is 209 Å². The number of amides is 1. The predicted molar refractivity (Wildman–Crippen MR) is 129 cm³/mol. The fraction of sp³-hybridized carbons (Fsp3) is 0.240.